The normalized spacial score (nSPS) is 15.8. The zero-order chi connectivity index (χ0) is 13.9. The predicted molar refractivity (Wildman–Crippen MR) is 75.7 cm³/mol. The van der Waals surface area contributed by atoms with Gasteiger partial charge in [-0.3, -0.25) is 9.52 Å². The largest absolute Gasteiger partial charge is 0.310 e. The molecule has 0 saturated carbocycles. The first kappa shape index (κ1) is 13.9. The van der Waals surface area contributed by atoms with Crippen LogP contribution in [0.1, 0.15) is 26.2 Å². The number of carbonyl (C=O) groups excluding carboxylic acids is 1. The minimum atomic E-state index is -3.34. The Labute approximate surface area is 113 Å². The minimum Gasteiger partial charge on any atom is -0.310 e. The van der Waals surface area contributed by atoms with Gasteiger partial charge in [0.2, 0.25) is 15.9 Å². The average molecular weight is 282 g/mol. The fraction of sp³-hybridized carbons (Fsp3) is 0.462. The lowest BCUT2D eigenvalue weighted by Crippen LogP contribution is -2.26. The molecule has 0 unspecified atom stereocenters. The molecule has 0 bridgehead atoms. The molecular formula is C13H18N2O3S. The van der Waals surface area contributed by atoms with Crippen LogP contribution < -0.4 is 9.62 Å². The zero-order valence-electron chi connectivity index (χ0n) is 10.9. The summed E-state index contributed by atoms with van der Waals surface area (Å²) in [6, 6.07) is 7.02. The second-order valence-corrected chi connectivity index (χ2v) is 6.43. The first-order valence-corrected chi connectivity index (χ1v) is 8.08. The van der Waals surface area contributed by atoms with Crippen LogP contribution in [0.25, 0.3) is 0 Å². The highest BCUT2D eigenvalue weighted by Gasteiger charge is 2.24. The number of rotatable bonds is 5. The molecule has 104 valence electrons. The van der Waals surface area contributed by atoms with Crippen molar-refractivity contribution < 1.29 is 13.2 Å². The first-order valence-electron chi connectivity index (χ1n) is 6.43. The Morgan fingerprint density at radius 1 is 1.32 bits per heavy atom. The Balaban J connectivity index is 2.29. The smallest absolute Gasteiger partial charge is 0.232 e. The summed E-state index contributed by atoms with van der Waals surface area (Å²) >= 11 is 0. The van der Waals surface area contributed by atoms with Crippen molar-refractivity contribution >= 4 is 27.3 Å². The minimum absolute atomic E-state index is 0.0436. The molecule has 0 aliphatic carbocycles. The van der Waals surface area contributed by atoms with Crippen LogP contribution in [0.2, 0.25) is 0 Å². The summed E-state index contributed by atoms with van der Waals surface area (Å²) in [6.45, 7) is 2.46. The van der Waals surface area contributed by atoms with Gasteiger partial charge in [-0.15, -0.1) is 0 Å². The van der Waals surface area contributed by atoms with Gasteiger partial charge in [-0.2, -0.15) is 0 Å². The number of nitrogens with zero attached hydrogens (tertiary/aromatic N) is 1. The van der Waals surface area contributed by atoms with Crippen molar-refractivity contribution in [1.82, 2.24) is 0 Å². The molecule has 0 atom stereocenters. The third-order valence-electron chi connectivity index (χ3n) is 3.01. The van der Waals surface area contributed by atoms with Crippen LogP contribution >= 0.6 is 0 Å². The van der Waals surface area contributed by atoms with Gasteiger partial charge in [-0.05, 0) is 25.0 Å². The van der Waals surface area contributed by atoms with Gasteiger partial charge in [0.1, 0.15) is 0 Å². The van der Waals surface area contributed by atoms with Crippen molar-refractivity contribution in [3.05, 3.63) is 24.3 Å². The molecule has 1 aromatic carbocycles. The van der Waals surface area contributed by atoms with Crippen LogP contribution in [0.15, 0.2) is 24.3 Å². The average Bonchev–Trinajstić information content (AvgIpc) is 2.75. The lowest BCUT2D eigenvalue weighted by Gasteiger charge is -2.20. The number of anilines is 2. The maximum atomic E-state index is 11.8. The summed E-state index contributed by atoms with van der Waals surface area (Å²) in [5, 5.41) is 0. The molecule has 1 heterocycles. The third kappa shape index (κ3) is 3.26. The van der Waals surface area contributed by atoms with E-state index < -0.39 is 10.0 Å². The molecule has 5 nitrogen and oxygen atoms in total. The standard InChI is InChI=1S/C13H18N2O3S/c1-2-10-19(17,18)14-11-6-3-4-7-12(11)15-9-5-8-13(15)16/h3-4,6-7,14H,2,5,8-10H2,1H3. The summed E-state index contributed by atoms with van der Waals surface area (Å²) in [6.07, 6.45) is 1.89. The highest BCUT2D eigenvalue weighted by molar-refractivity contribution is 7.92. The number of sulfonamides is 1. The van der Waals surface area contributed by atoms with Crippen molar-refractivity contribution in [2.75, 3.05) is 21.9 Å². The highest BCUT2D eigenvalue weighted by Crippen LogP contribution is 2.30. The van der Waals surface area contributed by atoms with Crippen LogP contribution in [-0.4, -0.2) is 26.6 Å². The molecule has 1 aromatic rings. The third-order valence-corrected chi connectivity index (χ3v) is 4.48. The summed E-state index contributed by atoms with van der Waals surface area (Å²) in [5.41, 5.74) is 1.12. The van der Waals surface area contributed by atoms with Gasteiger partial charge >= 0.3 is 0 Å². The van der Waals surface area contributed by atoms with Crippen LogP contribution in [0.3, 0.4) is 0 Å². The van der Waals surface area contributed by atoms with Gasteiger partial charge in [-0.1, -0.05) is 19.1 Å². The Morgan fingerprint density at radius 2 is 2.05 bits per heavy atom. The van der Waals surface area contributed by atoms with Crippen molar-refractivity contribution in [1.29, 1.82) is 0 Å². The lowest BCUT2D eigenvalue weighted by molar-refractivity contribution is -0.117. The van der Waals surface area contributed by atoms with Gasteiger partial charge in [0.15, 0.2) is 0 Å². The van der Waals surface area contributed by atoms with Gasteiger partial charge in [-0.25, -0.2) is 8.42 Å². The Hall–Kier alpha value is -1.56. The maximum Gasteiger partial charge on any atom is 0.232 e. The molecule has 1 amide bonds. The molecule has 1 aliphatic heterocycles. The van der Waals surface area contributed by atoms with Gasteiger partial charge in [0.05, 0.1) is 17.1 Å². The highest BCUT2D eigenvalue weighted by atomic mass is 32.2. The fourth-order valence-corrected chi connectivity index (χ4v) is 3.33. The van der Waals surface area contributed by atoms with E-state index in [1.54, 1.807) is 29.2 Å². The van der Waals surface area contributed by atoms with Crippen LogP contribution in [0, 0.1) is 0 Å². The monoisotopic (exact) mass is 282 g/mol. The lowest BCUT2D eigenvalue weighted by atomic mass is 10.2. The molecule has 19 heavy (non-hydrogen) atoms. The second kappa shape index (κ2) is 5.61. The van der Waals surface area contributed by atoms with E-state index in [-0.39, 0.29) is 11.7 Å². The van der Waals surface area contributed by atoms with E-state index in [2.05, 4.69) is 4.72 Å². The molecule has 0 aromatic heterocycles. The quantitative estimate of drug-likeness (QED) is 0.897. The molecule has 2 rings (SSSR count). The van der Waals surface area contributed by atoms with Gasteiger partial charge in [0, 0.05) is 13.0 Å². The molecule has 1 aliphatic rings. The zero-order valence-corrected chi connectivity index (χ0v) is 11.7. The summed E-state index contributed by atoms with van der Waals surface area (Å²) in [7, 11) is -3.34. The number of nitrogens with one attached hydrogen (secondary N) is 1. The van der Waals surface area contributed by atoms with Crippen LogP contribution in [0.4, 0.5) is 11.4 Å². The summed E-state index contributed by atoms with van der Waals surface area (Å²) in [4.78, 5) is 13.4. The maximum absolute atomic E-state index is 11.8. The number of amides is 1. The molecule has 1 N–H and O–H groups in total. The van der Waals surface area contributed by atoms with E-state index in [1.807, 2.05) is 6.92 Å². The molecular weight excluding hydrogens is 264 g/mol. The molecule has 0 radical (unpaired) electrons. The van der Waals surface area contributed by atoms with Gasteiger partial charge in [0.25, 0.3) is 0 Å². The summed E-state index contributed by atoms with van der Waals surface area (Å²) in [5.74, 6) is 0.122. The molecule has 6 heteroatoms. The van der Waals surface area contributed by atoms with Crippen LogP contribution in [-0.2, 0) is 14.8 Å². The Morgan fingerprint density at radius 3 is 2.68 bits per heavy atom. The van der Waals surface area contributed by atoms with E-state index >= 15 is 0 Å². The molecule has 0 spiro atoms. The first-order chi connectivity index (χ1) is 9.03. The number of hydrogen-bond acceptors (Lipinski definition) is 3. The van der Waals surface area contributed by atoms with E-state index in [0.717, 1.165) is 6.42 Å². The number of para-hydroxylation sites is 2. The Bertz CT molecular complexity index is 569. The molecule has 1 fully saturated rings. The predicted octanol–water partition coefficient (Wildman–Crippen LogP) is 1.97. The summed E-state index contributed by atoms with van der Waals surface area (Å²) < 4.78 is 26.2. The van der Waals surface area contributed by atoms with E-state index in [9.17, 15) is 13.2 Å². The van der Waals surface area contributed by atoms with Crippen molar-refractivity contribution in [2.24, 2.45) is 0 Å². The van der Waals surface area contributed by atoms with E-state index in [1.165, 1.54) is 0 Å². The number of benzene rings is 1. The van der Waals surface area contributed by atoms with Gasteiger partial charge < -0.3 is 4.90 Å². The van der Waals surface area contributed by atoms with E-state index in [0.29, 0.717) is 30.8 Å². The fourth-order valence-electron chi connectivity index (χ4n) is 2.19. The molecule has 1 saturated heterocycles. The van der Waals surface area contributed by atoms with Crippen LogP contribution in [0.5, 0.6) is 0 Å². The Kier molecular flexibility index (Phi) is 4.09. The van der Waals surface area contributed by atoms with Crippen molar-refractivity contribution in [3.8, 4) is 0 Å². The number of hydrogen-bond donors (Lipinski definition) is 1. The van der Waals surface area contributed by atoms with Crippen molar-refractivity contribution in [2.45, 2.75) is 26.2 Å². The van der Waals surface area contributed by atoms with E-state index in [4.69, 9.17) is 0 Å². The SMILES string of the molecule is CCCS(=O)(=O)Nc1ccccc1N1CCCC1=O. The topological polar surface area (TPSA) is 66.5 Å². The second-order valence-electron chi connectivity index (χ2n) is 4.59. The van der Waals surface area contributed by atoms with Crippen molar-refractivity contribution in [3.63, 3.8) is 0 Å². The number of carbonyl (C=O) groups is 1.